The summed E-state index contributed by atoms with van der Waals surface area (Å²) >= 11 is 6.16. The van der Waals surface area contributed by atoms with E-state index in [0.29, 0.717) is 27.4 Å². The maximum Gasteiger partial charge on any atom is 0.238 e. The van der Waals surface area contributed by atoms with E-state index in [1.54, 1.807) is 42.6 Å². The number of rotatable bonds is 4. The lowest BCUT2D eigenvalue weighted by atomic mass is 9.64. The topological polar surface area (TPSA) is 79.4 Å². The van der Waals surface area contributed by atoms with Crippen LogP contribution in [0.2, 0.25) is 5.02 Å². The van der Waals surface area contributed by atoms with Gasteiger partial charge >= 0.3 is 0 Å². The van der Waals surface area contributed by atoms with E-state index in [4.69, 9.17) is 11.6 Å². The number of nitrogens with zero attached hydrogens (tertiary/aromatic N) is 2. The lowest BCUT2D eigenvalue weighted by Gasteiger charge is -2.39. The first-order valence-electron chi connectivity index (χ1n) is 13.1. The largest absolute Gasteiger partial charge is 0.352 e. The lowest BCUT2D eigenvalue weighted by molar-refractivity contribution is -0.121. The van der Waals surface area contributed by atoms with E-state index in [0.717, 1.165) is 16.8 Å². The normalized spacial score (nSPS) is 24.1. The quantitative estimate of drug-likeness (QED) is 0.319. The molecule has 1 fully saturated rings. The van der Waals surface area contributed by atoms with E-state index in [9.17, 15) is 14.4 Å². The van der Waals surface area contributed by atoms with Crippen molar-refractivity contribution in [3.05, 3.63) is 131 Å². The Balaban J connectivity index is 1.56. The molecule has 0 radical (unpaired) electrons. The fraction of sp³-hybridized carbons (Fsp3) is 0.152. The number of carbonyl (C=O) groups excluding carboxylic acids is 3. The lowest BCUT2D eigenvalue weighted by Crippen LogP contribution is -2.51. The van der Waals surface area contributed by atoms with Crippen LogP contribution < -0.4 is 10.2 Å². The Labute approximate surface area is 236 Å². The first kappa shape index (κ1) is 24.5. The number of fused-ring (bicyclic) bond motifs is 6. The second-order valence-electron chi connectivity index (χ2n) is 10.5. The van der Waals surface area contributed by atoms with Gasteiger partial charge in [-0.25, -0.2) is 0 Å². The van der Waals surface area contributed by atoms with Crippen molar-refractivity contribution in [1.29, 1.82) is 0 Å². The van der Waals surface area contributed by atoms with Crippen LogP contribution in [0.5, 0.6) is 0 Å². The van der Waals surface area contributed by atoms with Crippen LogP contribution in [0.4, 0.5) is 11.4 Å². The van der Waals surface area contributed by atoms with Crippen LogP contribution in [0, 0.1) is 5.92 Å². The first-order valence-corrected chi connectivity index (χ1v) is 13.5. The molecular weight excluding hydrogens is 522 g/mol. The standard InChI is InChI=1S/C33H24ClN3O3/c1-19-17-27-33(24-9-3-4-10-25(24)36-32(33)40)28(30(38)21-7-6-16-35-18-21)29(31(39)20-12-14-22(34)15-13-20)37(27)26-11-5-2-8-23(19)26/h2-18,27-29H,1H3,(H,36,40)/t27-,28+,29+,33-/m1/s1. The molecule has 1 N–H and O–H groups in total. The number of aromatic nitrogens is 1. The van der Waals surface area contributed by atoms with Gasteiger partial charge in [0.1, 0.15) is 11.5 Å². The summed E-state index contributed by atoms with van der Waals surface area (Å²) in [5.74, 6) is -1.88. The molecule has 4 heterocycles. The number of ketones is 2. The molecule has 196 valence electrons. The number of hydrogen-bond donors (Lipinski definition) is 1. The Bertz CT molecular complexity index is 1730. The second-order valence-corrected chi connectivity index (χ2v) is 10.9. The molecule has 0 aliphatic carbocycles. The molecule has 7 heteroatoms. The van der Waals surface area contributed by atoms with Gasteiger partial charge in [-0.2, -0.15) is 0 Å². The Morgan fingerprint density at radius 1 is 0.900 bits per heavy atom. The summed E-state index contributed by atoms with van der Waals surface area (Å²) < 4.78 is 0. The summed E-state index contributed by atoms with van der Waals surface area (Å²) in [6.07, 6.45) is 5.15. The maximum atomic E-state index is 14.7. The van der Waals surface area contributed by atoms with Crippen molar-refractivity contribution in [3.63, 3.8) is 0 Å². The van der Waals surface area contributed by atoms with Gasteiger partial charge in [0.2, 0.25) is 5.91 Å². The van der Waals surface area contributed by atoms with Crippen molar-refractivity contribution in [2.75, 3.05) is 10.2 Å². The molecule has 7 rings (SSSR count). The number of carbonyl (C=O) groups is 3. The minimum atomic E-state index is -1.36. The van der Waals surface area contributed by atoms with Gasteiger partial charge in [-0.05, 0) is 66.6 Å². The molecule has 1 amide bonds. The molecule has 0 unspecified atom stereocenters. The van der Waals surface area contributed by atoms with Crippen LogP contribution in [0.1, 0.15) is 38.8 Å². The first-order chi connectivity index (χ1) is 19.4. The van der Waals surface area contributed by atoms with Crippen molar-refractivity contribution in [3.8, 4) is 0 Å². The monoisotopic (exact) mass is 545 g/mol. The zero-order valence-corrected chi connectivity index (χ0v) is 22.3. The van der Waals surface area contributed by atoms with Crippen LogP contribution in [-0.4, -0.2) is 34.5 Å². The molecule has 0 bridgehead atoms. The molecule has 3 aromatic carbocycles. The van der Waals surface area contributed by atoms with Crippen molar-refractivity contribution >= 4 is 46.0 Å². The molecule has 1 spiro atoms. The number of halogens is 1. The molecule has 0 saturated carbocycles. The third-order valence-electron chi connectivity index (χ3n) is 8.51. The zero-order valence-electron chi connectivity index (χ0n) is 21.5. The molecule has 4 aromatic rings. The van der Waals surface area contributed by atoms with Crippen LogP contribution >= 0.6 is 11.6 Å². The van der Waals surface area contributed by atoms with Gasteiger partial charge in [-0.15, -0.1) is 0 Å². The summed E-state index contributed by atoms with van der Waals surface area (Å²) in [4.78, 5) is 49.8. The zero-order chi connectivity index (χ0) is 27.6. The minimum Gasteiger partial charge on any atom is -0.352 e. The van der Waals surface area contributed by atoms with Crippen molar-refractivity contribution in [1.82, 2.24) is 4.98 Å². The van der Waals surface area contributed by atoms with Gasteiger partial charge in [0.05, 0.1) is 12.0 Å². The number of anilines is 2. The molecule has 6 nitrogen and oxygen atoms in total. The van der Waals surface area contributed by atoms with Gasteiger partial charge in [0.25, 0.3) is 0 Å². The predicted octanol–water partition coefficient (Wildman–Crippen LogP) is 5.98. The summed E-state index contributed by atoms with van der Waals surface area (Å²) in [6, 6.07) is 23.8. The average molecular weight is 546 g/mol. The van der Waals surface area contributed by atoms with Crippen molar-refractivity contribution < 1.29 is 14.4 Å². The highest BCUT2D eigenvalue weighted by Gasteiger charge is 2.70. The van der Waals surface area contributed by atoms with Crippen LogP contribution in [0.3, 0.4) is 0 Å². The minimum absolute atomic E-state index is 0.249. The predicted molar refractivity (Wildman–Crippen MR) is 155 cm³/mol. The third kappa shape index (κ3) is 3.29. The SMILES string of the molecule is CC1=C[C@H]2N(c3ccccc31)[C@H](C(=O)c1ccc(Cl)cc1)[C@@H](C(=O)c1cccnc1)[C@]21C(=O)Nc2ccccc21. The van der Waals surface area contributed by atoms with E-state index in [1.165, 1.54) is 6.20 Å². The number of nitrogens with one attached hydrogen (secondary N) is 1. The van der Waals surface area contributed by atoms with Gasteiger partial charge in [0.15, 0.2) is 11.6 Å². The summed E-state index contributed by atoms with van der Waals surface area (Å²) in [5, 5.41) is 3.56. The summed E-state index contributed by atoms with van der Waals surface area (Å²) in [6.45, 7) is 2.01. The number of amides is 1. The number of para-hydroxylation sites is 2. The number of benzene rings is 3. The van der Waals surface area contributed by atoms with Crippen molar-refractivity contribution in [2.24, 2.45) is 5.92 Å². The summed E-state index contributed by atoms with van der Waals surface area (Å²) in [5.41, 5.74) is 3.55. The number of pyridine rings is 1. The van der Waals surface area contributed by atoms with Gasteiger partial charge in [-0.3, -0.25) is 19.4 Å². The maximum absolute atomic E-state index is 14.7. The highest BCUT2D eigenvalue weighted by molar-refractivity contribution is 6.30. The Kier molecular flexibility index (Phi) is 5.51. The van der Waals surface area contributed by atoms with E-state index < -0.39 is 23.4 Å². The van der Waals surface area contributed by atoms with Crippen molar-refractivity contribution in [2.45, 2.75) is 24.4 Å². The molecule has 3 aliphatic rings. The Morgan fingerprint density at radius 3 is 2.42 bits per heavy atom. The third-order valence-corrected chi connectivity index (χ3v) is 8.76. The highest BCUT2D eigenvalue weighted by atomic mass is 35.5. The number of Topliss-reactive ketones (excluding diaryl/α,β-unsaturated/α-hetero) is 2. The van der Waals surface area contributed by atoms with Crippen LogP contribution in [0.25, 0.3) is 5.57 Å². The highest BCUT2D eigenvalue weighted by Crippen LogP contribution is 2.58. The smallest absolute Gasteiger partial charge is 0.238 e. The molecular formula is C33H24ClN3O3. The van der Waals surface area contributed by atoms with Gasteiger partial charge in [0, 0.05) is 45.5 Å². The summed E-state index contributed by atoms with van der Waals surface area (Å²) in [7, 11) is 0. The van der Waals surface area contributed by atoms with Crippen LogP contribution in [0.15, 0.2) is 103 Å². The van der Waals surface area contributed by atoms with E-state index in [2.05, 4.69) is 10.3 Å². The number of hydrogen-bond acceptors (Lipinski definition) is 5. The van der Waals surface area contributed by atoms with E-state index in [-0.39, 0.29) is 17.5 Å². The van der Waals surface area contributed by atoms with Gasteiger partial charge < -0.3 is 10.2 Å². The van der Waals surface area contributed by atoms with E-state index >= 15 is 0 Å². The fourth-order valence-electron chi connectivity index (χ4n) is 6.86. The molecule has 4 atom stereocenters. The molecule has 1 aromatic heterocycles. The van der Waals surface area contributed by atoms with Gasteiger partial charge in [-0.1, -0.05) is 54.1 Å². The molecule has 40 heavy (non-hydrogen) atoms. The number of allylic oxidation sites excluding steroid dienone is 1. The molecule has 3 aliphatic heterocycles. The Morgan fingerprint density at radius 2 is 1.65 bits per heavy atom. The second kappa shape index (κ2) is 9.00. The molecule has 1 saturated heterocycles. The fourth-order valence-corrected chi connectivity index (χ4v) is 6.99. The Hall–Kier alpha value is -4.55. The van der Waals surface area contributed by atoms with Crippen LogP contribution in [-0.2, 0) is 10.2 Å². The van der Waals surface area contributed by atoms with E-state index in [1.807, 2.05) is 66.4 Å². The average Bonchev–Trinajstić information content (AvgIpc) is 3.45.